The molecule has 0 bridgehead atoms. The molecule has 0 aliphatic carbocycles. The van der Waals surface area contributed by atoms with E-state index in [1.165, 1.54) is 4.90 Å². The van der Waals surface area contributed by atoms with Crippen molar-refractivity contribution in [3.63, 3.8) is 0 Å². The van der Waals surface area contributed by atoms with Crippen LogP contribution in [0.5, 0.6) is 5.75 Å². The molecule has 2 amide bonds. The Balaban J connectivity index is 0.00000280. The van der Waals surface area contributed by atoms with E-state index in [1.807, 2.05) is 25.1 Å². The number of hydrogen-bond acceptors (Lipinski definition) is 5. The van der Waals surface area contributed by atoms with Crippen LogP contribution < -0.4 is 9.64 Å². The van der Waals surface area contributed by atoms with Crippen LogP contribution in [0.4, 0.5) is 5.69 Å². The summed E-state index contributed by atoms with van der Waals surface area (Å²) in [5, 5.41) is 0. The van der Waals surface area contributed by atoms with Gasteiger partial charge in [-0.25, -0.2) is 0 Å². The van der Waals surface area contributed by atoms with E-state index in [4.69, 9.17) is 4.74 Å². The third-order valence-electron chi connectivity index (χ3n) is 4.93. The largest absolute Gasteiger partial charge is 0.492 e. The molecule has 2 fully saturated rings. The predicted octanol–water partition coefficient (Wildman–Crippen LogP) is 2.17. The molecule has 0 N–H and O–H groups in total. The van der Waals surface area contributed by atoms with Crippen molar-refractivity contribution < 1.29 is 14.3 Å². The maximum atomic E-state index is 11.8. The second-order valence-corrected chi connectivity index (χ2v) is 6.74. The number of piperazine rings is 1. The highest BCUT2D eigenvalue weighted by atomic mass is 35.5. The van der Waals surface area contributed by atoms with Gasteiger partial charge in [0, 0.05) is 39.0 Å². The summed E-state index contributed by atoms with van der Waals surface area (Å²) in [6.07, 6.45) is 1.58. The van der Waals surface area contributed by atoms with E-state index in [9.17, 15) is 9.59 Å². The average molecular weight is 406 g/mol. The molecular weight excluding hydrogens is 378 g/mol. The molecule has 0 saturated carbocycles. The van der Waals surface area contributed by atoms with E-state index < -0.39 is 0 Å². The van der Waals surface area contributed by atoms with Crippen LogP contribution in [-0.4, -0.2) is 67.5 Å². The van der Waals surface area contributed by atoms with E-state index in [-0.39, 0.29) is 30.8 Å². The van der Waals surface area contributed by atoms with Gasteiger partial charge in [-0.15, -0.1) is 12.4 Å². The fraction of sp³-hybridized carbons (Fsp3) is 0.524. The Morgan fingerprint density at radius 2 is 1.61 bits per heavy atom. The molecule has 3 rings (SSSR count). The lowest BCUT2D eigenvalue weighted by molar-refractivity contribution is -0.147. The molecule has 0 aromatic heterocycles. The first-order valence-electron chi connectivity index (χ1n) is 9.67. The van der Waals surface area contributed by atoms with Crippen LogP contribution in [0.2, 0.25) is 0 Å². The second kappa shape index (κ2) is 10.9. The van der Waals surface area contributed by atoms with Gasteiger partial charge in [-0.1, -0.05) is 24.0 Å². The minimum Gasteiger partial charge on any atom is -0.492 e. The lowest BCUT2D eigenvalue weighted by Gasteiger charge is -2.35. The van der Waals surface area contributed by atoms with Gasteiger partial charge in [-0.2, -0.15) is 0 Å². The minimum atomic E-state index is -0.0953. The van der Waals surface area contributed by atoms with Crippen LogP contribution in [0, 0.1) is 11.8 Å². The number of carbonyl (C=O) groups is 2. The van der Waals surface area contributed by atoms with Gasteiger partial charge in [0.15, 0.2) is 0 Å². The number of ether oxygens (including phenoxy) is 1. The van der Waals surface area contributed by atoms with Gasteiger partial charge in [-0.05, 0) is 25.5 Å². The fourth-order valence-corrected chi connectivity index (χ4v) is 3.42. The zero-order valence-corrected chi connectivity index (χ0v) is 17.2. The number of hydrogen-bond donors (Lipinski definition) is 0. The Hall–Kier alpha value is -2.23. The number of carbonyl (C=O) groups excluding carboxylic acids is 2. The number of rotatable bonds is 5. The molecule has 1 aromatic rings. The van der Waals surface area contributed by atoms with Gasteiger partial charge in [0.25, 0.3) is 0 Å². The molecule has 2 aliphatic rings. The van der Waals surface area contributed by atoms with E-state index in [1.54, 1.807) is 0 Å². The number of nitrogens with zero attached hydrogens (tertiary/aromatic N) is 3. The molecule has 7 heteroatoms. The molecule has 6 nitrogen and oxygen atoms in total. The summed E-state index contributed by atoms with van der Waals surface area (Å²) < 4.78 is 5.73. The SMILES string of the molecule is CCOc1ccccc1N1CCN(CC#CCN2C(=O)CCCC2=O)CC1.Cl. The zero-order valence-electron chi connectivity index (χ0n) is 16.4. The third-order valence-corrected chi connectivity index (χ3v) is 4.93. The Kier molecular flexibility index (Phi) is 8.62. The molecule has 2 saturated heterocycles. The summed E-state index contributed by atoms with van der Waals surface area (Å²) in [6, 6.07) is 8.16. The number of imide groups is 1. The van der Waals surface area contributed by atoms with Gasteiger partial charge < -0.3 is 9.64 Å². The second-order valence-electron chi connectivity index (χ2n) is 6.74. The summed E-state index contributed by atoms with van der Waals surface area (Å²) in [7, 11) is 0. The van der Waals surface area contributed by atoms with Gasteiger partial charge >= 0.3 is 0 Å². The summed E-state index contributed by atoms with van der Waals surface area (Å²) in [4.78, 5) is 29.4. The number of amides is 2. The maximum absolute atomic E-state index is 11.8. The van der Waals surface area contributed by atoms with Crippen LogP contribution in [0.3, 0.4) is 0 Å². The van der Waals surface area contributed by atoms with Crippen molar-refractivity contribution in [1.82, 2.24) is 9.80 Å². The van der Waals surface area contributed by atoms with Crippen LogP contribution in [0.25, 0.3) is 0 Å². The Morgan fingerprint density at radius 1 is 0.964 bits per heavy atom. The van der Waals surface area contributed by atoms with Crippen molar-refractivity contribution in [3.8, 4) is 17.6 Å². The Morgan fingerprint density at radius 3 is 2.29 bits per heavy atom. The van der Waals surface area contributed by atoms with Crippen molar-refractivity contribution in [3.05, 3.63) is 24.3 Å². The molecule has 1 aromatic carbocycles. The van der Waals surface area contributed by atoms with E-state index in [0.29, 0.717) is 32.4 Å². The van der Waals surface area contributed by atoms with Crippen molar-refractivity contribution in [1.29, 1.82) is 0 Å². The lowest BCUT2D eigenvalue weighted by atomic mass is 10.1. The van der Waals surface area contributed by atoms with Gasteiger partial charge in [0.2, 0.25) is 11.8 Å². The van der Waals surface area contributed by atoms with E-state index in [2.05, 4.69) is 27.7 Å². The molecule has 152 valence electrons. The average Bonchev–Trinajstić information content (AvgIpc) is 2.68. The number of anilines is 1. The van der Waals surface area contributed by atoms with E-state index in [0.717, 1.165) is 37.6 Å². The van der Waals surface area contributed by atoms with Gasteiger partial charge in [0.1, 0.15) is 5.75 Å². The molecule has 0 unspecified atom stereocenters. The maximum Gasteiger partial charge on any atom is 0.230 e. The fourth-order valence-electron chi connectivity index (χ4n) is 3.42. The Labute approximate surface area is 173 Å². The summed E-state index contributed by atoms with van der Waals surface area (Å²) in [6.45, 7) is 7.25. The predicted molar refractivity (Wildman–Crippen MR) is 112 cm³/mol. The number of benzene rings is 1. The molecule has 2 aliphatic heterocycles. The smallest absolute Gasteiger partial charge is 0.230 e. The minimum absolute atomic E-state index is 0. The monoisotopic (exact) mass is 405 g/mol. The first kappa shape index (κ1) is 22.1. The van der Waals surface area contributed by atoms with Crippen molar-refractivity contribution in [2.45, 2.75) is 26.2 Å². The first-order valence-corrected chi connectivity index (χ1v) is 9.67. The van der Waals surface area contributed by atoms with Crippen LogP contribution >= 0.6 is 12.4 Å². The summed E-state index contributed by atoms with van der Waals surface area (Å²) in [5.41, 5.74) is 1.15. The van der Waals surface area contributed by atoms with Crippen molar-refractivity contribution in [2.75, 3.05) is 50.8 Å². The molecule has 0 atom stereocenters. The van der Waals surface area contributed by atoms with Crippen LogP contribution in [0.15, 0.2) is 24.3 Å². The molecular formula is C21H28ClN3O3. The van der Waals surface area contributed by atoms with E-state index >= 15 is 0 Å². The number of halogens is 1. The standard InChI is InChI=1S/C21H27N3O3.ClH/c1-2-27-19-9-4-3-8-18(19)23-16-14-22(15-17-23)12-5-6-13-24-20(25)10-7-11-21(24)26;/h3-4,8-9H,2,7,10-17H2,1H3;1H. The van der Waals surface area contributed by atoms with Crippen molar-refractivity contribution in [2.24, 2.45) is 0 Å². The topological polar surface area (TPSA) is 53.1 Å². The zero-order chi connectivity index (χ0) is 19.1. The van der Waals surface area contributed by atoms with Crippen LogP contribution in [-0.2, 0) is 9.59 Å². The molecule has 28 heavy (non-hydrogen) atoms. The highest BCUT2D eigenvalue weighted by Gasteiger charge is 2.24. The van der Waals surface area contributed by atoms with Gasteiger partial charge in [0.05, 0.1) is 25.4 Å². The number of para-hydroxylation sites is 2. The lowest BCUT2D eigenvalue weighted by Crippen LogP contribution is -2.46. The Bertz CT molecular complexity index is 720. The number of likely N-dealkylation sites (tertiary alicyclic amines) is 1. The third kappa shape index (κ3) is 5.63. The molecule has 2 heterocycles. The highest BCUT2D eigenvalue weighted by molar-refractivity contribution is 5.97. The normalized spacial score (nSPS) is 17.6. The summed E-state index contributed by atoms with van der Waals surface area (Å²) >= 11 is 0. The summed E-state index contributed by atoms with van der Waals surface area (Å²) in [5.74, 6) is 6.85. The highest BCUT2D eigenvalue weighted by Crippen LogP contribution is 2.28. The number of piperidine rings is 1. The molecule has 0 radical (unpaired) electrons. The molecule has 0 spiro atoms. The van der Waals surface area contributed by atoms with Crippen molar-refractivity contribution >= 4 is 29.9 Å². The van der Waals surface area contributed by atoms with Crippen LogP contribution in [0.1, 0.15) is 26.2 Å². The van der Waals surface area contributed by atoms with Gasteiger partial charge in [-0.3, -0.25) is 19.4 Å². The quantitative estimate of drug-likeness (QED) is 0.555. The first-order chi connectivity index (χ1) is 13.2.